The second-order valence-corrected chi connectivity index (χ2v) is 2.94. The van der Waals surface area contributed by atoms with Gasteiger partial charge in [0.25, 0.3) is 0 Å². The van der Waals surface area contributed by atoms with Crippen LogP contribution in [0, 0.1) is 0 Å². The molecule has 0 saturated carbocycles. The molecule has 0 bridgehead atoms. The predicted molar refractivity (Wildman–Crippen MR) is 47.7 cm³/mol. The van der Waals surface area contributed by atoms with Crippen molar-refractivity contribution < 1.29 is 0 Å². The predicted octanol–water partition coefficient (Wildman–Crippen LogP) is 2.93. The lowest BCUT2D eigenvalue weighted by Gasteiger charge is -1.97. The highest BCUT2D eigenvalue weighted by Crippen LogP contribution is 2.09. The van der Waals surface area contributed by atoms with Gasteiger partial charge in [-0.3, -0.25) is 0 Å². The highest BCUT2D eigenvalue weighted by molar-refractivity contribution is 7.80. The summed E-state index contributed by atoms with van der Waals surface area (Å²) in [4.78, 5) is 1.06. The maximum absolute atomic E-state index is 4.25. The van der Waals surface area contributed by atoms with E-state index in [9.17, 15) is 0 Å². The van der Waals surface area contributed by atoms with E-state index in [2.05, 4.69) is 31.7 Å². The monoisotopic (exact) mass is 152 g/mol. The van der Waals surface area contributed by atoms with Gasteiger partial charge in [0.05, 0.1) is 0 Å². The van der Waals surface area contributed by atoms with Gasteiger partial charge in [0.2, 0.25) is 0 Å². The van der Waals surface area contributed by atoms with Crippen molar-refractivity contribution in [3.05, 3.63) is 29.8 Å². The maximum Gasteiger partial charge on any atom is 0.00427 e. The van der Waals surface area contributed by atoms with E-state index in [-0.39, 0.29) is 0 Å². The van der Waals surface area contributed by atoms with Crippen molar-refractivity contribution in [1.29, 1.82) is 0 Å². The summed E-state index contributed by atoms with van der Waals surface area (Å²) in [6.45, 7) is 2.19. The van der Waals surface area contributed by atoms with Gasteiger partial charge in [-0.1, -0.05) is 25.5 Å². The zero-order chi connectivity index (χ0) is 7.40. The Morgan fingerprint density at radius 1 is 1.40 bits per heavy atom. The van der Waals surface area contributed by atoms with Gasteiger partial charge in [-0.25, -0.2) is 0 Å². The van der Waals surface area contributed by atoms with E-state index in [0.717, 1.165) is 11.3 Å². The Morgan fingerprint density at radius 3 is 2.80 bits per heavy atom. The van der Waals surface area contributed by atoms with Gasteiger partial charge < -0.3 is 0 Å². The minimum absolute atomic E-state index is 1.06. The first-order chi connectivity index (χ1) is 4.83. The molecule has 54 valence electrons. The number of aryl methyl sites for hydroxylation is 1. The summed E-state index contributed by atoms with van der Waals surface area (Å²) >= 11 is 4.25. The van der Waals surface area contributed by atoms with Crippen LogP contribution in [0.3, 0.4) is 0 Å². The van der Waals surface area contributed by atoms with Gasteiger partial charge in [-0.15, -0.1) is 12.6 Å². The van der Waals surface area contributed by atoms with Crippen molar-refractivity contribution in [2.75, 3.05) is 0 Å². The van der Waals surface area contributed by atoms with Gasteiger partial charge in [0, 0.05) is 4.90 Å². The molecular weight excluding hydrogens is 140 g/mol. The summed E-state index contributed by atoms with van der Waals surface area (Å²) in [5.74, 6) is 0. The first kappa shape index (κ1) is 7.67. The average molecular weight is 152 g/mol. The first-order valence-electron chi connectivity index (χ1n) is 3.61. The fourth-order valence-corrected chi connectivity index (χ4v) is 1.25. The molecule has 0 unspecified atom stereocenters. The Balaban J connectivity index is 2.75. The van der Waals surface area contributed by atoms with Crippen LogP contribution in [0.2, 0.25) is 0 Å². The van der Waals surface area contributed by atoms with Crippen LogP contribution in [-0.2, 0) is 6.42 Å². The van der Waals surface area contributed by atoms with Crippen LogP contribution < -0.4 is 0 Å². The third-order valence-corrected chi connectivity index (χ3v) is 1.73. The van der Waals surface area contributed by atoms with Crippen LogP contribution in [0.5, 0.6) is 0 Å². The van der Waals surface area contributed by atoms with E-state index in [1.165, 1.54) is 12.0 Å². The van der Waals surface area contributed by atoms with Crippen molar-refractivity contribution in [2.24, 2.45) is 0 Å². The van der Waals surface area contributed by atoms with Gasteiger partial charge in [-0.2, -0.15) is 0 Å². The largest absolute Gasteiger partial charge is 0.143 e. The third-order valence-electron chi connectivity index (χ3n) is 1.45. The Hall–Kier alpha value is -0.430. The molecule has 0 aliphatic rings. The number of hydrogen-bond acceptors (Lipinski definition) is 1. The van der Waals surface area contributed by atoms with Gasteiger partial charge in [0.15, 0.2) is 0 Å². The summed E-state index contributed by atoms with van der Waals surface area (Å²) in [5, 5.41) is 0. The zero-order valence-electron chi connectivity index (χ0n) is 6.17. The van der Waals surface area contributed by atoms with Crippen LogP contribution in [0.25, 0.3) is 0 Å². The van der Waals surface area contributed by atoms with Crippen molar-refractivity contribution in [3.63, 3.8) is 0 Å². The normalized spacial score (nSPS) is 9.80. The van der Waals surface area contributed by atoms with Crippen LogP contribution in [0.1, 0.15) is 18.9 Å². The topological polar surface area (TPSA) is 0 Å². The van der Waals surface area contributed by atoms with Crippen LogP contribution >= 0.6 is 12.6 Å². The van der Waals surface area contributed by atoms with Crippen LogP contribution in [0.15, 0.2) is 29.2 Å². The Kier molecular flexibility index (Phi) is 2.82. The second-order valence-electron chi connectivity index (χ2n) is 2.42. The smallest absolute Gasteiger partial charge is 0.00427 e. The number of benzene rings is 1. The first-order valence-corrected chi connectivity index (χ1v) is 4.05. The lowest BCUT2D eigenvalue weighted by Crippen LogP contribution is -1.80. The lowest BCUT2D eigenvalue weighted by molar-refractivity contribution is 0.918. The molecular formula is C9H12S. The molecule has 0 saturated heterocycles. The molecule has 0 heterocycles. The van der Waals surface area contributed by atoms with Crippen molar-refractivity contribution in [1.82, 2.24) is 0 Å². The summed E-state index contributed by atoms with van der Waals surface area (Å²) in [6, 6.07) is 8.31. The molecule has 1 aromatic rings. The van der Waals surface area contributed by atoms with Crippen LogP contribution in [0.4, 0.5) is 0 Å². The Labute approximate surface area is 67.7 Å². The van der Waals surface area contributed by atoms with Crippen LogP contribution in [-0.4, -0.2) is 0 Å². The molecule has 1 heteroatoms. The van der Waals surface area contributed by atoms with E-state index < -0.39 is 0 Å². The van der Waals surface area contributed by atoms with Crippen molar-refractivity contribution in [2.45, 2.75) is 24.7 Å². The molecule has 0 atom stereocenters. The summed E-state index contributed by atoms with van der Waals surface area (Å²) < 4.78 is 0. The minimum Gasteiger partial charge on any atom is -0.143 e. The molecule has 0 spiro atoms. The molecule has 1 rings (SSSR count). The van der Waals surface area contributed by atoms with Crippen molar-refractivity contribution >= 4 is 12.6 Å². The SMILES string of the molecule is CCCc1cccc(S)c1. The standard InChI is InChI=1S/C9H12S/c1-2-4-8-5-3-6-9(10)7-8/h3,5-7,10H,2,4H2,1H3. The maximum atomic E-state index is 4.25. The molecule has 0 aliphatic carbocycles. The minimum atomic E-state index is 1.06. The van der Waals surface area contributed by atoms with Gasteiger partial charge in [0.1, 0.15) is 0 Å². The Morgan fingerprint density at radius 2 is 2.20 bits per heavy atom. The van der Waals surface area contributed by atoms with Crippen molar-refractivity contribution in [3.8, 4) is 0 Å². The van der Waals surface area contributed by atoms with E-state index in [0.29, 0.717) is 0 Å². The van der Waals surface area contributed by atoms with E-state index in [4.69, 9.17) is 0 Å². The summed E-state index contributed by atoms with van der Waals surface area (Å²) in [7, 11) is 0. The fourth-order valence-electron chi connectivity index (χ4n) is 1.00. The highest BCUT2D eigenvalue weighted by Gasteiger charge is 1.89. The molecule has 0 N–H and O–H groups in total. The molecule has 0 aromatic heterocycles. The number of rotatable bonds is 2. The quantitative estimate of drug-likeness (QED) is 0.619. The number of thiol groups is 1. The summed E-state index contributed by atoms with van der Waals surface area (Å²) in [5.41, 5.74) is 1.38. The lowest BCUT2D eigenvalue weighted by atomic mass is 10.1. The average Bonchev–Trinajstić information content (AvgIpc) is 1.88. The Bertz CT molecular complexity index is 206. The molecule has 10 heavy (non-hydrogen) atoms. The molecule has 0 amide bonds. The van der Waals surface area contributed by atoms with E-state index >= 15 is 0 Å². The molecule has 0 fully saturated rings. The molecule has 1 aromatic carbocycles. The molecule has 0 aliphatic heterocycles. The van der Waals surface area contributed by atoms with Gasteiger partial charge >= 0.3 is 0 Å². The second kappa shape index (κ2) is 3.67. The van der Waals surface area contributed by atoms with E-state index in [1.54, 1.807) is 0 Å². The van der Waals surface area contributed by atoms with Gasteiger partial charge in [-0.05, 0) is 24.1 Å². The molecule has 0 nitrogen and oxygen atoms in total. The van der Waals surface area contributed by atoms with E-state index in [1.807, 2.05) is 12.1 Å². The summed E-state index contributed by atoms with van der Waals surface area (Å²) in [6.07, 6.45) is 2.37. The highest BCUT2D eigenvalue weighted by atomic mass is 32.1. The zero-order valence-corrected chi connectivity index (χ0v) is 7.07. The third kappa shape index (κ3) is 2.07. The fraction of sp³-hybridized carbons (Fsp3) is 0.333. The molecule has 0 radical (unpaired) electrons. The number of hydrogen-bond donors (Lipinski definition) is 1.